The summed E-state index contributed by atoms with van der Waals surface area (Å²) in [4.78, 5) is 31.7. The zero-order valence-corrected chi connectivity index (χ0v) is 13.4. The highest BCUT2D eigenvalue weighted by atomic mass is 35.5. The topological polar surface area (TPSA) is 65.5 Å². The van der Waals surface area contributed by atoms with E-state index in [1.807, 2.05) is 9.80 Å². The highest BCUT2D eigenvalue weighted by Crippen LogP contribution is 2.27. The van der Waals surface area contributed by atoms with Crippen LogP contribution in [-0.4, -0.2) is 54.4 Å². The molecule has 22 heavy (non-hydrogen) atoms. The largest absolute Gasteiger partial charge is 0.355 e. The number of anilines is 1. The van der Waals surface area contributed by atoms with E-state index in [0.29, 0.717) is 55.0 Å². The van der Waals surface area contributed by atoms with E-state index < -0.39 is 0 Å². The summed E-state index contributed by atoms with van der Waals surface area (Å²) in [7, 11) is 0. The number of halogens is 2. The number of nitrogens with one attached hydrogen (secondary N) is 1. The maximum atomic E-state index is 12.4. The predicted octanol–water partition coefficient (Wildman–Crippen LogP) is 1.17. The third-order valence-corrected chi connectivity index (χ3v) is 4.49. The van der Waals surface area contributed by atoms with Crippen molar-refractivity contribution in [2.45, 2.75) is 6.42 Å². The lowest BCUT2D eigenvalue weighted by atomic mass is 10.1. The summed E-state index contributed by atoms with van der Waals surface area (Å²) < 4.78 is 0. The van der Waals surface area contributed by atoms with Gasteiger partial charge in [-0.1, -0.05) is 23.2 Å². The fourth-order valence-electron chi connectivity index (χ4n) is 2.82. The minimum absolute atomic E-state index is 0.0471. The molecule has 1 aromatic rings. The first-order chi connectivity index (χ1) is 10.5. The zero-order chi connectivity index (χ0) is 15.7. The maximum Gasteiger partial charge on any atom is 0.228 e. The second kappa shape index (κ2) is 6.30. The molecule has 0 saturated carbocycles. The summed E-state index contributed by atoms with van der Waals surface area (Å²) in [5.74, 6) is 0.467. The normalized spacial score (nSPS) is 21.9. The third-order valence-electron chi connectivity index (χ3n) is 4.01. The molecule has 0 aliphatic carbocycles. The van der Waals surface area contributed by atoms with Gasteiger partial charge in [-0.15, -0.1) is 0 Å². The van der Waals surface area contributed by atoms with Gasteiger partial charge in [-0.2, -0.15) is 0 Å². The van der Waals surface area contributed by atoms with Crippen molar-refractivity contribution in [1.29, 1.82) is 0 Å². The number of aromatic nitrogens is 1. The van der Waals surface area contributed by atoms with Crippen molar-refractivity contribution in [3.8, 4) is 0 Å². The van der Waals surface area contributed by atoms with Crippen LogP contribution in [0.4, 0.5) is 5.82 Å². The number of nitrogens with zero attached hydrogens (tertiary/aromatic N) is 3. The Balaban J connectivity index is 1.60. The SMILES string of the molecule is O=C1CC(C(=O)N2CCN(c3ncc(Cl)cc3Cl)CC2)CN1. The van der Waals surface area contributed by atoms with Crippen LogP contribution in [0.25, 0.3) is 0 Å². The summed E-state index contributed by atoms with van der Waals surface area (Å²) in [6, 6.07) is 1.67. The second-order valence-electron chi connectivity index (χ2n) is 5.48. The predicted molar refractivity (Wildman–Crippen MR) is 84.2 cm³/mol. The van der Waals surface area contributed by atoms with Crippen LogP contribution in [0.1, 0.15) is 6.42 Å². The molecule has 2 aliphatic rings. The molecule has 2 saturated heterocycles. The van der Waals surface area contributed by atoms with Gasteiger partial charge in [0.25, 0.3) is 0 Å². The van der Waals surface area contributed by atoms with E-state index in [-0.39, 0.29) is 17.7 Å². The van der Waals surface area contributed by atoms with E-state index in [9.17, 15) is 9.59 Å². The molecule has 0 spiro atoms. The molecule has 118 valence electrons. The number of pyridine rings is 1. The number of rotatable bonds is 2. The Morgan fingerprint density at radius 3 is 2.59 bits per heavy atom. The quantitative estimate of drug-likeness (QED) is 0.876. The van der Waals surface area contributed by atoms with Crippen molar-refractivity contribution in [2.75, 3.05) is 37.6 Å². The van der Waals surface area contributed by atoms with Crippen molar-refractivity contribution in [3.05, 3.63) is 22.3 Å². The molecule has 1 atom stereocenters. The van der Waals surface area contributed by atoms with Crippen molar-refractivity contribution in [2.24, 2.45) is 5.92 Å². The highest BCUT2D eigenvalue weighted by Gasteiger charge is 2.33. The van der Waals surface area contributed by atoms with Gasteiger partial charge >= 0.3 is 0 Å². The van der Waals surface area contributed by atoms with Crippen LogP contribution >= 0.6 is 23.2 Å². The van der Waals surface area contributed by atoms with Gasteiger partial charge in [0.1, 0.15) is 5.82 Å². The second-order valence-corrected chi connectivity index (χ2v) is 6.32. The Morgan fingerprint density at radius 1 is 1.27 bits per heavy atom. The van der Waals surface area contributed by atoms with Gasteiger partial charge in [0.2, 0.25) is 11.8 Å². The average Bonchev–Trinajstić information content (AvgIpc) is 2.93. The number of amides is 2. The first-order valence-electron chi connectivity index (χ1n) is 7.16. The van der Waals surface area contributed by atoms with E-state index in [0.717, 1.165) is 0 Å². The molecular formula is C14H16Cl2N4O2. The highest BCUT2D eigenvalue weighted by molar-refractivity contribution is 6.36. The lowest BCUT2D eigenvalue weighted by Crippen LogP contribution is -2.51. The van der Waals surface area contributed by atoms with Crippen LogP contribution in [0.5, 0.6) is 0 Å². The van der Waals surface area contributed by atoms with E-state index in [2.05, 4.69) is 10.3 Å². The van der Waals surface area contributed by atoms with Gasteiger partial charge in [-0.25, -0.2) is 4.98 Å². The smallest absolute Gasteiger partial charge is 0.228 e. The van der Waals surface area contributed by atoms with E-state index in [4.69, 9.17) is 23.2 Å². The maximum absolute atomic E-state index is 12.4. The molecule has 3 rings (SSSR count). The van der Waals surface area contributed by atoms with Gasteiger partial charge in [0, 0.05) is 45.3 Å². The lowest BCUT2D eigenvalue weighted by Gasteiger charge is -2.36. The standard InChI is InChI=1S/C14H16Cl2N4O2/c15-10-6-11(16)13(18-8-10)19-1-3-20(4-2-19)14(22)9-5-12(21)17-7-9/h6,8-9H,1-5,7H2,(H,17,21). The molecular weight excluding hydrogens is 327 g/mol. The van der Waals surface area contributed by atoms with Crippen molar-refractivity contribution >= 4 is 40.8 Å². The Labute approximate surface area is 138 Å². The van der Waals surface area contributed by atoms with Crippen LogP contribution < -0.4 is 10.2 Å². The first kappa shape index (κ1) is 15.4. The van der Waals surface area contributed by atoms with E-state index in [1.165, 1.54) is 0 Å². The fraction of sp³-hybridized carbons (Fsp3) is 0.500. The van der Waals surface area contributed by atoms with Crippen LogP contribution in [0.15, 0.2) is 12.3 Å². The number of piperazine rings is 1. The van der Waals surface area contributed by atoms with Crippen molar-refractivity contribution in [1.82, 2.24) is 15.2 Å². The Kier molecular flexibility index (Phi) is 4.40. The number of hydrogen-bond acceptors (Lipinski definition) is 4. The lowest BCUT2D eigenvalue weighted by molar-refractivity contribution is -0.136. The van der Waals surface area contributed by atoms with Crippen LogP contribution in [0, 0.1) is 5.92 Å². The summed E-state index contributed by atoms with van der Waals surface area (Å²) in [5, 5.41) is 3.71. The molecule has 1 aromatic heterocycles. The van der Waals surface area contributed by atoms with E-state index >= 15 is 0 Å². The summed E-state index contributed by atoms with van der Waals surface area (Å²) in [6.45, 7) is 2.97. The molecule has 0 aromatic carbocycles. The monoisotopic (exact) mass is 342 g/mol. The molecule has 2 aliphatic heterocycles. The Morgan fingerprint density at radius 2 is 2.00 bits per heavy atom. The molecule has 1 N–H and O–H groups in total. The van der Waals surface area contributed by atoms with Crippen molar-refractivity contribution < 1.29 is 9.59 Å². The minimum Gasteiger partial charge on any atom is -0.355 e. The molecule has 6 nitrogen and oxygen atoms in total. The van der Waals surface area contributed by atoms with Gasteiger partial charge in [-0.05, 0) is 6.07 Å². The number of hydrogen-bond donors (Lipinski definition) is 1. The first-order valence-corrected chi connectivity index (χ1v) is 7.91. The van der Waals surface area contributed by atoms with Gasteiger partial charge in [-0.3, -0.25) is 9.59 Å². The van der Waals surface area contributed by atoms with Crippen LogP contribution in [-0.2, 0) is 9.59 Å². The van der Waals surface area contributed by atoms with Crippen molar-refractivity contribution in [3.63, 3.8) is 0 Å². The fourth-order valence-corrected chi connectivity index (χ4v) is 3.32. The van der Waals surface area contributed by atoms with Gasteiger partial charge in [0.15, 0.2) is 0 Å². The number of carbonyl (C=O) groups excluding carboxylic acids is 2. The summed E-state index contributed by atoms with van der Waals surface area (Å²) in [5.41, 5.74) is 0. The van der Waals surface area contributed by atoms with Crippen LogP contribution in [0.3, 0.4) is 0 Å². The zero-order valence-electron chi connectivity index (χ0n) is 11.9. The van der Waals surface area contributed by atoms with Crippen LogP contribution in [0.2, 0.25) is 10.0 Å². The minimum atomic E-state index is -0.226. The third kappa shape index (κ3) is 3.13. The molecule has 0 radical (unpaired) electrons. The van der Waals surface area contributed by atoms with Gasteiger partial charge in [0.05, 0.1) is 16.0 Å². The molecule has 2 amide bonds. The molecule has 1 unspecified atom stereocenters. The molecule has 2 fully saturated rings. The van der Waals surface area contributed by atoms with E-state index in [1.54, 1.807) is 12.3 Å². The number of carbonyl (C=O) groups is 2. The van der Waals surface area contributed by atoms with Gasteiger partial charge < -0.3 is 15.1 Å². The molecule has 8 heteroatoms. The summed E-state index contributed by atoms with van der Waals surface area (Å²) >= 11 is 12.0. The summed E-state index contributed by atoms with van der Waals surface area (Å²) in [6.07, 6.45) is 1.86. The molecule has 0 bridgehead atoms. The average molecular weight is 343 g/mol. The Hall–Kier alpha value is -1.53. The molecule has 3 heterocycles. The Bertz CT molecular complexity index is 603.